The highest BCUT2D eigenvalue weighted by Gasteiger charge is 2.29. The van der Waals surface area contributed by atoms with E-state index in [-0.39, 0.29) is 5.91 Å². The molecule has 1 aliphatic heterocycles. The van der Waals surface area contributed by atoms with Gasteiger partial charge in [0.1, 0.15) is 0 Å². The van der Waals surface area contributed by atoms with E-state index in [1.165, 1.54) is 0 Å². The van der Waals surface area contributed by atoms with Crippen molar-refractivity contribution in [3.8, 4) is 0 Å². The van der Waals surface area contributed by atoms with Crippen LogP contribution in [0.5, 0.6) is 0 Å². The molecule has 1 N–H and O–H groups in total. The van der Waals surface area contributed by atoms with Gasteiger partial charge < -0.3 is 10.2 Å². The van der Waals surface area contributed by atoms with Gasteiger partial charge in [-0.05, 0) is 33.2 Å². The van der Waals surface area contributed by atoms with Crippen LogP contribution in [-0.4, -0.2) is 46.3 Å². The summed E-state index contributed by atoms with van der Waals surface area (Å²) in [6.45, 7) is 8.72. The van der Waals surface area contributed by atoms with Gasteiger partial charge in [0.15, 0.2) is 0 Å². The minimum Gasteiger partial charge on any atom is -0.334 e. The van der Waals surface area contributed by atoms with E-state index in [9.17, 15) is 4.79 Å². The van der Waals surface area contributed by atoms with E-state index >= 15 is 0 Å². The van der Waals surface area contributed by atoms with Crippen molar-refractivity contribution in [2.24, 2.45) is 7.05 Å². The molecule has 5 nitrogen and oxygen atoms in total. The lowest BCUT2D eigenvalue weighted by atomic mass is 10.1. The first-order valence-electron chi connectivity index (χ1n) is 7.08. The van der Waals surface area contributed by atoms with Crippen molar-refractivity contribution in [3.63, 3.8) is 0 Å². The zero-order valence-corrected chi connectivity index (χ0v) is 12.4. The number of rotatable bonds is 4. The third kappa shape index (κ3) is 2.66. The molecule has 2 rings (SSSR count). The van der Waals surface area contributed by atoms with Crippen LogP contribution >= 0.6 is 0 Å². The first-order valence-corrected chi connectivity index (χ1v) is 7.08. The van der Waals surface area contributed by atoms with Crippen LogP contribution in [-0.2, 0) is 7.05 Å². The maximum absolute atomic E-state index is 12.8. The minimum absolute atomic E-state index is 0.138. The van der Waals surface area contributed by atoms with Gasteiger partial charge in [-0.1, -0.05) is 6.92 Å². The molecule has 0 bridgehead atoms. The molecule has 1 atom stereocenters. The quantitative estimate of drug-likeness (QED) is 0.890. The monoisotopic (exact) mass is 264 g/mol. The van der Waals surface area contributed by atoms with E-state index in [4.69, 9.17) is 0 Å². The molecule has 2 heterocycles. The molecule has 0 aromatic carbocycles. The molecule has 1 fully saturated rings. The highest BCUT2D eigenvalue weighted by molar-refractivity contribution is 5.96. The fourth-order valence-corrected chi connectivity index (χ4v) is 2.82. The smallest absolute Gasteiger partial charge is 0.257 e. The molecule has 19 heavy (non-hydrogen) atoms. The summed E-state index contributed by atoms with van der Waals surface area (Å²) in [5.41, 5.74) is 2.56. The summed E-state index contributed by atoms with van der Waals surface area (Å²) >= 11 is 0. The lowest BCUT2D eigenvalue weighted by Crippen LogP contribution is -2.42. The molecule has 1 aliphatic rings. The van der Waals surface area contributed by atoms with Crippen molar-refractivity contribution in [1.29, 1.82) is 0 Å². The van der Waals surface area contributed by atoms with Crippen LogP contribution in [0.2, 0.25) is 0 Å². The molecule has 1 saturated heterocycles. The Bertz CT molecular complexity index is 460. The maximum Gasteiger partial charge on any atom is 0.257 e. The summed E-state index contributed by atoms with van der Waals surface area (Å²) in [4.78, 5) is 14.8. The predicted molar refractivity (Wildman–Crippen MR) is 75.3 cm³/mol. The fraction of sp³-hybridized carbons (Fsp3) is 0.714. The molecule has 0 aliphatic carbocycles. The largest absolute Gasteiger partial charge is 0.334 e. The molecule has 0 spiro atoms. The number of nitrogens with one attached hydrogen (secondary N) is 1. The van der Waals surface area contributed by atoms with Crippen molar-refractivity contribution in [2.75, 3.05) is 19.6 Å². The third-order valence-corrected chi connectivity index (χ3v) is 3.92. The Morgan fingerprint density at radius 2 is 2.26 bits per heavy atom. The van der Waals surface area contributed by atoms with Gasteiger partial charge in [0.2, 0.25) is 0 Å². The van der Waals surface area contributed by atoms with E-state index in [2.05, 4.69) is 17.3 Å². The highest BCUT2D eigenvalue weighted by atomic mass is 16.2. The topological polar surface area (TPSA) is 50.2 Å². The molecule has 1 aromatic heterocycles. The Balaban J connectivity index is 2.28. The number of carbonyl (C=O) groups excluding carboxylic acids is 1. The molecular weight excluding hydrogens is 240 g/mol. The van der Waals surface area contributed by atoms with E-state index < -0.39 is 0 Å². The molecule has 1 amide bonds. The minimum atomic E-state index is 0.138. The zero-order valence-electron chi connectivity index (χ0n) is 12.4. The van der Waals surface area contributed by atoms with Crippen LogP contribution in [0.3, 0.4) is 0 Å². The van der Waals surface area contributed by atoms with E-state index in [0.29, 0.717) is 6.04 Å². The van der Waals surface area contributed by atoms with Crippen molar-refractivity contribution in [3.05, 3.63) is 17.0 Å². The van der Waals surface area contributed by atoms with Crippen LogP contribution < -0.4 is 5.32 Å². The highest BCUT2D eigenvalue weighted by Crippen LogP contribution is 2.19. The number of hydrogen-bond acceptors (Lipinski definition) is 3. The Hall–Kier alpha value is -1.36. The van der Waals surface area contributed by atoms with Gasteiger partial charge >= 0.3 is 0 Å². The zero-order chi connectivity index (χ0) is 14.0. The summed E-state index contributed by atoms with van der Waals surface area (Å²) < 4.78 is 1.79. The first kappa shape index (κ1) is 14.1. The van der Waals surface area contributed by atoms with Crippen LogP contribution in [0.15, 0.2) is 0 Å². The predicted octanol–water partition coefficient (Wildman–Crippen LogP) is 1.25. The maximum atomic E-state index is 12.8. The Labute approximate surface area is 115 Å². The van der Waals surface area contributed by atoms with Gasteiger partial charge in [-0.25, -0.2) is 0 Å². The van der Waals surface area contributed by atoms with Crippen molar-refractivity contribution >= 4 is 5.91 Å². The SMILES string of the molecule is CCCN(C(=O)c1c(C)nn(C)c1C)[C@@H]1CCNC1. The second kappa shape index (κ2) is 5.74. The van der Waals surface area contributed by atoms with Crippen LogP contribution in [0.25, 0.3) is 0 Å². The van der Waals surface area contributed by atoms with Gasteiger partial charge in [0.25, 0.3) is 5.91 Å². The molecule has 5 heteroatoms. The van der Waals surface area contributed by atoms with E-state index in [1.54, 1.807) is 4.68 Å². The van der Waals surface area contributed by atoms with Gasteiger partial charge in [-0.2, -0.15) is 5.10 Å². The molecule has 0 saturated carbocycles. The Morgan fingerprint density at radius 3 is 2.74 bits per heavy atom. The summed E-state index contributed by atoms with van der Waals surface area (Å²) in [5, 5.41) is 7.69. The number of nitrogens with zero attached hydrogens (tertiary/aromatic N) is 3. The summed E-state index contributed by atoms with van der Waals surface area (Å²) in [6, 6.07) is 0.325. The van der Waals surface area contributed by atoms with Gasteiger partial charge in [0.05, 0.1) is 11.3 Å². The first-order chi connectivity index (χ1) is 9.06. The molecule has 1 aromatic rings. The molecule has 106 valence electrons. The number of carbonyl (C=O) groups is 1. The average molecular weight is 264 g/mol. The second-order valence-electron chi connectivity index (χ2n) is 5.31. The van der Waals surface area contributed by atoms with Gasteiger partial charge in [0, 0.05) is 31.9 Å². The van der Waals surface area contributed by atoms with Gasteiger partial charge in [-0.15, -0.1) is 0 Å². The number of hydrogen-bond donors (Lipinski definition) is 1. The molecule has 0 unspecified atom stereocenters. The summed E-state index contributed by atoms with van der Waals surface area (Å²) in [7, 11) is 1.89. The Morgan fingerprint density at radius 1 is 1.53 bits per heavy atom. The fourth-order valence-electron chi connectivity index (χ4n) is 2.82. The lowest BCUT2D eigenvalue weighted by molar-refractivity contribution is 0.0690. The van der Waals surface area contributed by atoms with Crippen molar-refractivity contribution in [2.45, 2.75) is 39.7 Å². The number of amides is 1. The number of aryl methyl sites for hydroxylation is 2. The second-order valence-corrected chi connectivity index (χ2v) is 5.31. The third-order valence-electron chi connectivity index (χ3n) is 3.92. The number of aromatic nitrogens is 2. The normalized spacial score (nSPS) is 18.8. The van der Waals surface area contributed by atoms with Crippen LogP contribution in [0.1, 0.15) is 41.5 Å². The average Bonchev–Trinajstić information content (AvgIpc) is 2.96. The van der Waals surface area contributed by atoms with Crippen LogP contribution in [0.4, 0.5) is 0 Å². The summed E-state index contributed by atoms with van der Waals surface area (Å²) in [5.74, 6) is 0.138. The van der Waals surface area contributed by atoms with E-state index in [0.717, 1.165) is 49.4 Å². The standard InChI is InChI=1S/C14H24N4O/c1-5-8-18(12-6-7-15-9-12)14(19)13-10(2)16-17(4)11(13)3/h12,15H,5-9H2,1-4H3/t12-/m1/s1. The molecule has 0 radical (unpaired) electrons. The summed E-state index contributed by atoms with van der Waals surface area (Å²) in [6.07, 6.45) is 2.03. The lowest BCUT2D eigenvalue weighted by Gasteiger charge is -2.28. The Kier molecular flexibility index (Phi) is 4.24. The van der Waals surface area contributed by atoms with Crippen molar-refractivity contribution in [1.82, 2.24) is 20.0 Å². The van der Waals surface area contributed by atoms with Crippen LogP contribution in [0, 0.1) is 13.8 Å². The van der Waals surface area contributed by atoms with Crippen molar-refractivity contribution < 1.29 is 4.79 Å². The van der Waals surface area contributed by atoms with E-state index in [1.807, 2.05) is 25.8 Å². The van der Waals surface area contributed by atoms with Gasteiger partial charge in [-0.3, -0.25) is 9.48 Å². The molecular formula is C14H24N4O.